The van der Waals surface area contributed by atoms with E-state index in [4.69, 9.17) is 11.6 Å². The molecule has 0 bridgehead atoms. The highest BCUT2D eigenvalue weighted by Gasteiger charge is 2.10. The number of amides is 1. The molecule has 0 aromatic heterocycles. The molecule has 0 radical (unpaired) electrons. The van der Waals surface area contributed by atoms with Gasteiger partial charge in [-0.1, -0.05) is 42.3 Å². The number of benzene rings is 2. The normalized spacial score (nSPS) is 14.8. The maximum atomic E-state index is 12.1. The standard InChI is InChI=1S/C23H29ClN2OS/c24-21-9-11-22(12-10-21)28-15-5-8-23(27)25-17-19-6-4-7-20(16-19)18-26-13-2-1-3-14-26/h4,6-7,9-12,16H,1-3,5,8,13-15,17-18H2,(H,25,27). The number of hydrogen-bond donors (Lipinski definition) is 1. The summed E-state index contributed by atoms with van der Waals surface area (Å²) >= 11 is 7.65. The zero-order valence-corrected chi connectivity index (χ0v) is 17.9. The SMILES string of the molecule is O=C(CCCSc1ccc(Cl)cc1)NCc1cccc(CN2CCCCC2)c1. The van der Waals surface area contributed by atoms with E-state index in [1.54, 1.807) is 11.8 Å². The molecule has 0 atom stereocenters. The van der Waals surface area contributed by atoms with E-state index < -0.39 is 0 Å². The van der Waals surface area contributed by atoms with Crippen molar-refractivity contribution in [2.24, 2.45) is 0 Å². The average Bonchev–Trinajstić information content (AvgIpc) is 2.72. The minimum Gasteiger partial charge on any atom is -0.352 e. The Balaban J connectivity index is 1.34. The molecule has 1 aliphatic heterocycles. The number of likely N-dealkylation sites (tertiary alicyclic amines) is 1. The third-order valence-electron chi connectivity index (χ3n) is 4.97. The fourth-order valence-electron chi connectivity index (χ4n) is 3.46. The van der Waals surface area contributed by atoms with Gasteiger partial charge in [0.15, 0.2) is 0 Å². The number of nitrogens with one attached hydrogen (secondary N) is 1. The van der Waals surface area contributed by atoms with Crippen molar-refractivity contribution in [3.63, 3.8) is 0 Å². The van der Waals surface area contributed by atoms with Crippen LogP contribution in [-0.4, -0.2) is 29.6 Å². The van der Waals surface area contributed by atoms with E-state index in [1.807, 2.05) is 24.3 Å². The van der Waals surface area contributed by atoms with Crippen LogP contribution < -0.4 is 5.32 Å². The fraction of sp³-hybridized carbons (Fsp3) is 0.435. The van der Waals surface area contributed by atoms with Crippen molar-refractivity contribution in [3.05, 3.63) is 64.7 Å². The van der Waals surface area contributed by atoms with Crippen molar-refractivity contribution in [2.45, 2.75) is 50.1 Å². The zero-order valence-electron chi connectivity index (χ0n) is 16.3. The lowest BCUT2D eigenvalue weighted by molar-refractivity contribution is -0.121. The van der Waals surface area contributed by atoms with Crippen molar-refractivity contribution < 1.29 is 4.79 Å². The van der Waals surface area contributed by atoms with Gasteiger partial charge in [-0.2, -0.15) is 0 Å². The number of hydrogen-bond acceptors (Lipinski definition) is 3. The minimum atomic E-state index is 0.123. The molecule has 3 nitrogen and oxygen atoms in total. The van der Waals surface area contributed by atoms with E-state index in [0.717, 1.165) is 23.7 Å². The summed E-state index contributed by atoms with van der Waals surface area (Å²) in [6.07, 6.45) is 5.42. The van der Waals surface area contributed by atoms with Gasteiger partial charge in [-0.3, -0.25) is 9.69 Å². The van der Waals surface area contributed by atoms with Crippen LogP contribution in [0.2, 0.25) is 5.02 Å². The number of piperidine rings is 1. The zero-order chi connectivity index (χ0) is 19.6. The second-order valence-electron chi connectivity index (χ2n) is 7.34. The van der Waals surface area contributed by atoms with Crippen LogP contribution in [0, 0.1) is 0 Å². The lowest BCUT2D eigenvalue weighted by Crippen LogP contribution is -2.29. The van der Waals surface area contributed by atoms with E-state index in [9.17, 15) is 4.79 Å². The number of thioether (sulfide) groups is 1. The Bertz CT molecular complexity index is 745. The topological polar surface area (TPSA) is 32.3 Å². The second kappa shape index (κ2) is 11.5. The summed E-state index contributed by atoms with van der Waals surface area (Å²) in [6, 6.07) is 16.4. The summed E-state index contributed by atoms with van der Waals surface area (Å²) in [6.45, 7) is 4.03. The van der Waals surface area contributed by atoms with Gasteiger partial charge >= 0.3 is 0 Å². The Hall–Kier alpha value is -1.49. The van der Waals surface area contributed by atoms with E-state index in [2.05, 4.69) is 34.5 Å². The predicted molar refractivity (Wildman–Crippen MR) is 119 cm³/mol. The van der Waals surface area contributed by atoms with Gasteiger partial charge in [0.25, 0.3) is 0 Å². The summed E-state index contributed by atoms with van der Waals surface area (Å²) in [5.41, 5.74) is 2.52. The minimum absolute atomic E-state index is 0.123. The summed E-state index contributed by atoms with van der Waals surface area (Å²) < 4.78 is 0. The molecule has 0 unspecified atom stereocenters. The lowest BCUT2D eigenvalue weighted by atomic mass is 10.1. The van der Waals surface area contributed by atoms with Crippen LogP contribution >= 0.6 is 23.4 Å². The summed E-state index contributed by atoms with van der Waals surface area (Å²) in [4.78, 5) is 15.8. The van der Waals surface area contributed by atoms with Crippen LogP contribution in [0.3, 0.4) is 0 Å². The van der Waals surface area contributed by atoms with E-state index in [1.165, 1.54) is 48.4 Å². The number of rotatable bonds is 9. The fourth-order valence-corrected chi connectivity index (χ4v) is 4.44. The maximum absolute atomic E-state index is 12.1. The largest absolute Gasteiger partial charge is 0.352 e. The molecule has 5 heteroatoms. The summed E-state index contributed by atoms with van der Waals surface area (Å²) in [5.74, 6) is 1.05. The number of carbonyl (C=O) groups is 1. The molecular formula is C23H29ClN2OS. The number of halogens is 1. The van der Waals surface area contributed by atoms with E-state index in [0.29, 0.717) is 13.0 Å². The highest BCUT2D eigenvalue weighted by Crippen LogP contribution is 2.21. The van der Waals surface area contributed by atoms with Gasteiger partial charge in [-0.15, -0.1) is 11.8 Å². The van der Waals surface area contributed by atoms with Gasteiger partial charge in [0.05, 0.1) is 0 Å². The Labute approximate surface area is 177 Å². The molecule has 1 saturated heterocycles. The molecule has 0 spiro atoms. The van der Waals surface area contributed by atoms with Crippen molar-refractivity contribution in [3.8, 4) is 0 Å². The molecule has 150 valence electrons. The Kier molecular flexibility index (Phi) is 8.71. The van der Waals surface area contributed by atoms with Gasteiger partial charge in [-0.25, -0.2) is 0 Å². The van der Waals surface area contributed by atoms with Crippen molar-refractivity contribution in [1.82, 2.24) is 10.2 Å². The molecule has 3 rings (SSSR count). The molecule has 1 amide bonds. The van der Waals surface area contributed by atoms with Crippen molar-refractivity contribution in [2.75, 3.05) is 18.8 Å². The van der Waals surface area contributed by atoms with Gasteiger partial charge in [0, 0.05) is 29.4 Å². The second-order valence-corrected chi connectivity index (χ2v) is 8.94. The van der Waals surface area contributed by atoms with Crippen LogP contribution in [0.4, 0.5) is 0 Å². The lowest BCUT2D eigenvalue weighted by Gasteiger charge is -2.26. The van der Waals surface area contributed by atoms with Crippen molar-refractivity contribution >= 4 is 29.3 Å². The molecule has 1 aliphatic rings. The first kappa shape index (κ1) is 21.2. The molecule has 28 heavy (non-hydrogen) atoms. The molecule has 0 aliphatic carbocycles. The highest BCUT2D eigenvalue weighted by molar-refractivity contribution is 7.99. The van der Waals surface area contributed by atoms with Crippen LogP contribution in [0.15, 0.2) is 53.4 Å². The summed E-state index contributed by atoms with van der Waals surface area (Å²) in [7, 11) is 0. The average molecular weight is 417 g/mol. The monoisotopic (exact) mass is 416 g/mol. The quantitative estimate of drug-likeness (QED) is 0.431. The molecule has 1 heterocycles. The third-order valence-corrected chi connectivity index (χ3v) is 6.32. The summed E-state index contributed by atoms with van der Waals surface area (Å²) in [5, 5.41) is 3.81. The predicted octanol–water partition coefficient (Wildman–Crippen LogP) is 5.51. The highest BCUT2D eigenvalue weighted by atomic mass is 35.5. The first-order valence-corrected chi connectivity index (χ1v) is 11.5. The molecule has 2 aromatic rings. The first-order chi connectivity index (χ1) is 13.7. The molecule has 1 N–H and O–H groups in total. The Morgan fingerprint density at radius 1 is 1.04 bits per heavy atom. The van der Waals surface area contributed by atoms with Gasteiger partial charge in [0.2, 0.25) is 5.91 Å². The van der Waals surface area contributed by atoms with Gasteiger partial charge in [-0.05, 0) is 73.5 Å². The van der Waals surface area contributed by atoms with Gasteiger partial charge < -0.3 is 5.32 Å². The van der Waals surface area contributed by atoms with Crippen LogP contribution in [0.1, 0.15) is 43.2 Å². The van der Waals surface area contributed by atoms with E-state index >= 15 is 0 Å². The maximum Gasteiger partial charge on any atom is 0.220 e. The van der Waals surface area contributed by atoms with Gasteiger partial charge in [0.1, 0.15) is 0 Å². The smallest absolute Gasteiger partial charge is 0.220 e. The number of nitrogens with zero attached hydrogens (tertiary/aromatic N) is 1. The first-order valence-electron chi connectivity index (χ1n) is 10.1. The molecule has 1 fully saturated rings. The molecule has 0 saturated carbocycles. The van der Waals surface area contributed by atoms with E-state index in [-0.39, 0.29) is 5.91 Å². The molecular weight excluding hydrogens is 388 g/mol. The third kappa shape index (κ3) is 7.50. The van der Waals surface area contributed by atoms with Crippen LogP contribution in [0.5, 0.6) is 0 Å². The van der Waals surface area contributed by atoms with Crippen LogP contribution in [-0.2, 0) is 17.9 Å². The molecule has 2 aromatic carbocycles. The Morgan fingerprint density at radius 3 is 2.57 bits per heavy atom. The van der Waals surface area contributed by atoms with Crippen LogP contribution in [0.25, 0.3) is 0 Å². The Morgan fingerprint density at radius 2 is 1.79 bits per heavy atom. The van der Waals surface area contributed by atoms with Crippen molar-refractivity contribution in [1.29, 1.82) is 0 Å². The number of carbonyl (C=O) groups excluding carboxylic acids is 1.